The molecule has 0 heterocycles. The molecule has 5 nitrogen and oxygen atoms in total. The summed E-state index contributed by atoms with van der Waals surface area (Å²) in [5.74, 6) is -0.536. The number of nitrogens with two attached hydrogens (primary N) is 1. The summed E-state index contributed by atoms with van der Waals surface area (Å²) in [6.45, 7) is 1.98. The molecule has 0 radical (unpaired) electrons. The Morgan fingerprint density at radius 2 is 2.17 bits per heavy atom. The standard InChI is InChI=1S/C13H19NO4/c1-3-8-6-9(10(14)4-5-12(15)16)13(17)11(7-8)18-2/h6-7,10,17H,3-5,14H2,1-2H3,(H,15,16). The highest BCUT2D eigenvalue weighted by Crippen LogP contribution is 2.35. The maximum atomic E-state index is 10.5. The van der Waals surface area contributed by atoms with Crippen LogP contribution in [-0.4, -0.2) is 23.3 Å². The van der Waals surface area contributed by atoms with Crippen LogP contribution in [0.5, 0.6) is 11.5 Å². The number of hydrogen-bond donors (Lipinski definition) is 3. The molecule has 1 aromatic rings. The van der Waals surface area contributed by atoms with Crippen molar-refractivity contribution >= 4 is 5.97 Å². The van der Waals surface area contributed by atoms with Crippen molar-refractivity contribution in [3.63, 3.8) is 0 Å². The lowest BCUT2D eigenvalue weighted by Gasteiger charge is -2.16. The van der Waals surface area contributed by atoms with E-state index in [0.717, 1.165) is 12.0 Å². The van der Waals surface area contributed by atoms with Crippen LogP contribution >= 0.6 is 0 Å². The molecule has 0 aliphatic carbocycles. The summed E-state index contributed by atoms with van der Waals surface area (Å²) in [5, 5.41) is 18.6. The van der Waals surface area contributed by atoms with E-state index in [0.29, 0.717) is 11.3 Å². The molecule has 5 heteroatoms. The first-order valence-electron chi connectivity index (χ1n) is 5.86. The molecule has 0 saturated carbocycles. The molecule has 0 amide bonds. The van der Waals surface area contributed by atoms with E-state index in [9.17, 15) is 9.90 Å². The van der Waals surface area contributed by atoms with Crippen LogP contribution in [0.4, 0.5) is 0 Å². The van der Waals surface area contributed by atoms with Crippen LogP contribution in [-0.2, 0) is 11.2 Å². The molecule has 1 rings (SSSR count). The second-order valence-corrected chi connectivity index (χ2v) is 4.13. The third-order valence-electron chi connectivity index (χ3n) is 2.86. The second kappa shape index (κ2) is 6.26. The van der Waals surface area contributed by atoms with Gasteiger partial charge in [-0.2, -0.15) is 0 Å². The van der Waals surface area contributed by atoms with Crippen LogP contribution in [0.2, 0.25) is 0 Å². The van der Waals surface area contributed by atoms with E-state index in [4.69, 9.17) is 15.6 Å². The number of methoxy groups -OCH3 is 1. The number of carboxylic acids is 1. The number of aliphatic carboxylic acids is 1. The predicted molar refractivity (Wildman–Crippen MR) is 67.8 cm³/mol. The molecule has 0 bridgehead atoms. The lowest BCUT2D eigenvalue weighted by molar-refractivity contribution is -0.137. The van der Waals surface area contributed by atoms with Gasteiger partial charge in [-0.15, -0.1) is 0 Å². The summed E-state index contributed by atoms with van der Waals surface area (Å²) in [7, 11) is 1.47. The van der Waals surface area contributed by atoms with Gasteiger partial charge in [-0.25, -0.2) is 0 Å². The summed E-state index contributed by atoms with van der Waals surface area (Å²) in [4.78, 5) is 10.5. The molecular weight excluding hydrogens is 234 g/mol. The Morgan fingerprint density at radius 3 is 2.67 bits per heavy atom. The molecule has 0 aliphatic heterocycles. The van der Waals surface area contributed by atoms with Gasteiger partial charge < -0.3 is 20.7 Å². The zero-order valence-corrected chi connectivity index (χ0v) is 10.6. The first kappa shape index (κ1) is 14.3. The average Bonchev–Trinajstić information content (AvgIpc) is 2.36. The smallest absolute Gasteiger partial charge is 0.303 e. The van der Waals surface area contributed by atoms with Gasteiger partial charge in [0.05, 0.1) is 7.11 Å². The normalized spacial score (nSPS) is 12.2. The SMILES string of the molecule is CCc1cc(OC)c(O)c(C(N)CCC(=O)O)c1. The number of aryl methyl sites for hydroxylation is 1. The minimum Gasteiger partial charge on any atom is -0.504 e. The summed E-state index contributed by atoms with van der Waals surface area (Å²) in [5.41, 5.74) is 7.44. The van der Waals surface area contributed by atoms with Crippen molar-refractivity contribution in [2.75, 3.05) is 7.11 Å². The Morgan fingerprint density at radius 1 is 1.50 bits per heavy atom. The van der Waals surface area contributed by atoms with E-state index >= 15 is 0 Å². The number of phenolic OH excluding ortho intramolecular Hbond substituents is 1. The highest BCUT2D eigenvalue weighted by molar-refractivity contribution is 5.66. The zero-order valence-electron chi connectivity index (χ0n) is 10.6. The summed E-state index contributed by atoms with van der Waals surface area (Å²) >= 11 is 0. The van der Waals surface area contributed by atoms with E-state index in [2.05, 4.69) is 0 Å². The van der Waals surface area contributed by atoms with Gasteiger partial charge in [0.15, 0.2) is 11.5 Å². The molecule has 0 spiro atoms. The number of phenols is 1. The van der Waals surface area contributed by atoms with Crippen LogP contribution < -0.4 is 10.5 Å². The van der Waals surface area contributed by atoms with E-state index in [-0.39, 0.29) is 18.6 Å². The van der Waals surface area contributed by atoms with Crippen molar-refractivity contribution in [1.82, 2.24) is 0 Å². The van der Waals surface area contributed by atoms with Gasteiger partial charge in [-0.3, -0.25) is 4.79 Å². The molecule has 1 unspecified atom stereocenters. The van der Waals surface area contributed by atoms with E-state index in [1.165, 1.54) is 7.11 Å². The molecular formula is C13H19NO4. The van der Waals surface area contributed by atoms with Crippen molar-refractivity contribution in [1.29, 1.82) is 0 Å². The van der Waals surface area contributed by atoms with E-state index < -0.39 is 12.0 Å². The molecule has 100 valence electrons. The number of carbonyl (C=O) groups is 1. The molecule has 1 aromatic carbocycles. The van der Waals surface area contributed by atoms with Crippen LogP contribution in [0.3, 0.4) is 0 Å². The topological polar surface area (TPSA) is 92.8 Å². The Balaban J connectivity index is 3.02. The van der Waals surface area contributed by atoms with Crippen molar-refractivity contribution in [2.24, 2.45) is 5.73 Å². The van der Waals surface area contributed by atoms with Crippen molar-refractivity contribution in [3.8, 4) is 11.5 Å². The van der Waals surface area contributed by atoms with Crippen LogP contribution in [0, 0.1) is 0 Å². The fourth-order valence-electron chi connectivity index (χ4n) is 1.77. The van der Waals surface area contributed by atoms with Crippen molar-refractivity contribution in [3.05, 3.63) is 23.3 Å². The Labute approximate surface area is 106 Å². The van der Waals surface area contributed by atoms with Gasteiger partial charge in [0.25, 0.3) is 0 Å². The summed E-state index contributed by atoms with van der Waals surface area (Å²) in [6.07, 6.45) is 1.04. The molecule has 0 saturated heterocycles. The first-order chi connectivity index (χ1) is 8.49. The Kier molecular flexibility index (Phi) is 4.97. The monoisotopic (exact) mass is 253 g/mol. The van der Waals surface area contributed by atoms with Crippen molar-refractivity contribution < 1.29 is 19.7 Å². The summed E-state index contributed by atoms with van der Waals surface area (Å²) in [6, 6.07) is 3.04. The third-order valence-corrected chi connectivity index (χ3v) is 2.86. The van der Waals surface area contributed by atoms with Crippen LogP contribution in [0.1, 0.15) is 36.9 Å². The highest BCUT2D eigenvalue weighted by atomic mass is 16.5. The fraction of sp³-hybridized carbons (Fsp3) is 0.462. The number of ether oxygens (including phenoxy) is 1. The Bertz CT molecular complexity index is 431. The minimum absolute atomic E-state index is 0.00686. The maximum absolute atomic E-state index is 10.5. The largest absolute Gasteiger partial charge is 0.504 e. The predicted octanol–water partition coefficient (Wildman–Crippen LogP) is 1.83. The zero-order chi connectivity index (χ0) is 13.7. The fourth-order valence-corrected chi connectivity index (χ4v) is 1.77. The Hall–Kier alpha value is -1.75. The third kappa shape index (κ3) is 3.37. The number of hydrogen-bond acceptors (Lipinski definition) is 4. The van der Waals surface area contributed by atoms with Crippen LogP contribution in [0.15, 0.2) is 12.1 Å². The molecule has 0 aliphatic rings. The van der Waals surface area contributed by atoms with Crippen LogP contribution in [0.25, 0.3) is 0 Å². The van der Waals surface area contributed by atoms with E-state index in [1.54, 1.807) is 12.1 Å². The van der Waals surface area contributed by atoms with E-state index in [1.807, 2.05) is 6.92 Å². The number of aromatic hydroxyl groups is 1. The van der Waals surface area contributed by atoms with Gasteiger partial charge >= 0.3 is 5.97 Å². The molecule has 4 N–H and O–H groups in total. The molecule has 1 atom stereocenters. The number of carboxylic acid groups (broad SMARTS) is 1. The van der Waals surface area contributed by atoms with Gasteiger partial charge in [0.1, 0.15) is 0 Å². The molecule has 0 aromatic heterocycles. The summed E-state index contributed by atoms with van der Waals surface area (Å²) < 4.78 is 5.08. The van der Waals surface area contributed by atoms with Crippen molar-refractivity contribution in [2.45, 2.75) is 32.2 Å². The van der Waals surface area contributed by atoms with Gasteiger partial charge in [-0.1, -0.05) is 13.0 Å². The minimum atomic E-state index is -0.899. The molecule has 0 fully saturated rings. The quantitative estimate of drug-likeness (QED) is 0.719. The first-order valence-corrected chi connectivity index (χ1v) is 5.86. The number of rotatable bonds is 6. The second-order valence-electron chi connectivity index (χ2n) is 4.13. The lowest BCUT2D eigenvalue weighted by atomic mass is 9.98. The average molecular weight is 253 g/mol. The number of benzene rings is 1. The lowest BCUT2D eigenvalue weighted by Crippen LogP contribution is -2.13. The maximum Gasteiger partial charge on any atom is 0.303 e. The highest BCUT2D eigenvalue weighted by Gasteiger charge is 2.17. The molecule has 18 heavy (non-hydrogen) atoms. The van der Waals surface area contributed by atoms with Gasteiger partial charge in [0.2, 0.25) is 0 Å². The van der Waals surface area contributed by atoms with Gasteiger partial charge in [-0.05, 0) is 24.5 Å². The van der Waals surface area contributed by atoms with Gasteiger partial charge in [0, 0.05) is 18.0 Å².